The van der Waals surface area contributed by atoms with Crippen LogP contribution in [-0.4, -0.2) is 10.9 Å². The number of benzene rings is 2. The molecule has 1 heterocycles. The number of anilines is 1. The highest BCUT2D eigenvalue weighted by molar-refractivity contribution is 6.02. The third-order valence-electron chi connectivity index (χ3n) is 3.21. The van der Waals surface area contributed by atoms with Crippen LogP contribution >= 0.6 is 0 Å². The molecule has 0 aliphatic carbocycles. The van der Waals surface area contributed by atoms with Gasteiger partial charge < -0.3 is 10.1 Å². The number of carbonyl (C=O) groups is 1. The summed E-state index contributed by atoms with van der Waals surface area (Å²) in [7, 11) is 0. The molecule has 0 spiro atoms. The van der Waals surface area contributed by atoms with Crippen molar-refractivity contribution in [3.8, 4) is 11.5 Å². The Kier molecular flexibility index (Phi) is 4.34. The predicted molar refractivity (Wildman–Crippen MR) is 89.9 cm³/mol. The zero-order valence-corrected chi connectivity index (χ0v) is 12.7. The first-order valence-electron chi connectivity index (χ1n) is 7.29. The third kappa shape index (κ3) is 3.95. The van der Waals surface area contributed by atoms with E-state index < -0.39 is 0 Å². The third-order valence-corrected chi connectivity index (χ3v) is 3.21. The van der Waals surface area contributed by atoms with E-state index in [-0.39, 0.29) is 5.91 Å². The molecule has 0 fully saturated rings. The van der Waals surface area contributed by atoms with Crippen LogP contribution in [0.5, 0.6) is 11.5 Å². The Morgan fingerprint density at radius 3 is 2.26 bits per heavy atom. The van der Waals surface area contributed by atoms with Gasteiger partial charge in [-0.2, -0.15) is 0 Å². The van der Waals surface area contributed by atoms with E-state index in [0.29, 0.717) is 17.1 Å². The van der Waals surface area contributed by atoms with Crippen LogP contribution in [-0.2, 0) is 0 Å². The number of carbonyl (C=O) groups excluding carboxylic acids is 1. The minimum Gasteiger partial charge on any atom is -0.457 e. The van der Waals surface area contributed by atoms with Gasteiger partial charge in [-0.3, -0.25) is 4.79 Å². The van der Waals surface area contributed by atoms with Gasteiger partial charge in [0.15, 0.2) is 0 Å². The lowest BCUT2D eigenvalue weighted by Gasteiger charge is -2.08. The van der Waals surface area contributed by atoms with Crippen molar-refractivity contribution in [1.29, 1.82) is 0 Å². The van der Waals surface area contributed by atoms with E-state index in [4.69, 9.17) is 4.74 Å². The summed E-state index contributed by atoms with van der Waals surface area (Å²) in [4.78, 5) is 16.3. The molecule has 2 aromatic carbocycles. The van der Waals surface area contributed by atoms with E-state index in [0.717, 1.165) is 11.4 Å². The van der Waals surface area contributed by atoms with E-state index in [1.165, 1.54) is 0 Å². The number of aromatic nitrogens is 1. The van der Waals surface area contributed by atoms with Crippen molar-refractivity contribution in [2.24, 2.45) is 0 Å². The number of ether oxygens (including phenoxy) is 1. The fourth-order valence-electron chi connectivity index (χ4n) is 2.10. The summed E-state index contributed by atoms with van der Waals surface area (Å²) < 4.78 is 5.71. The quantitative estimate of drug-likeness (QED) is 0.775. The number of nitrogens with zero attached hydrogens (tertiary/aromatic N) is 1. The highest BCUT2D eigenvalue weighted by Crippen LogP contribution is 2.22. The van der Waals surface area contributed by atoms with E-state index >= 15 is 0 Å². The molecule has 114 valence electrons. The molecule has 0 atom stereocenters. The van der Waals surface area contributed by atoms with Gasteiger partial charge in [0.25, 0.3) is 5.91 Å². The molecule has 3 rings (SSSR count). The van der Waals surface area contributed by atoms with E-state index in [1.807, 2.05) is 61.5 Å². The van der Waals surface area contributed by atoms with Crippen LogP contribution in [0.25, 0.3) is 0 Å². The first-order valence-corrected chi connectivity index (χ1v) is 7.29. The van der Waals surface area contributed by atoms with Gasteiger partial charge in [-0.15, -0.1) is 0 Å². The van der Waals surface area contributed by atoms with E-state index in [1.54, 1.807) is 18.2 Å². The SMILES string of the molecule is Cc1cccc(C(=O)Nc2ccc(Oc3ccccc3)cc2)n1. The fraction of sp³-hybridized carbons (Fsp3) is 0.0526. The topological polar surface area (TPSA) is 51.2 Å². The van der Waals surface area contributed by atoms with Gasteiger partial charge in [-0.05, 0) is 55.5 Å². The number of amides is 1. The van der Waals surface area contributed by atoms with Crippen LogP contribution in [0.3, 0.4) is 0 Å². The molecule has 1 aromatic heterocycles. The monoisotopic (exact) mass is 304 g/mol. The number of para-hydroxylation sites is 1. The maximum atomic E-state index is 12.1. The minimum atomic E-state index is -0.231. The van der Waals surface area contributed by atoms with Crippen LogP contribution in [0.15, 0.2) is 72.8 Å². The zero-order valence-electron chi connectivity index (χ0n) is 12.7. The van der Waals surface area contributed by atoms with Gasteiger partial charge in [-0.25, -0.2) is 4.98 Å². The Morgan fingerprint density at radius 1 is 0.870 bits per heavy atom. The largest absolute Gasteiger partial charge is 0.457 e. The van der Waals surface area contributed by atoms with Crippen molar-refractivity contribution < 1.29 is 9.53 Å². The Morgan fingerprint density at radius 2 is 1.57 bits per heavy atom. The lowest BCUT2D eigenvalue weighted by atomic mass is 10.2. The number of rotatable bonds is 4. The van der Waals surface area contributed by atoms with Gasteiger partial charge >= 0.3 is 0 Å². The van der Waals surface area contributed by atoms with Crippen molar-refractivity contribution in [2.45, 2.75) is 6.92 Å². The summed E-state index contributed by atoms with van der Waals surface area (Å²) in [6, 6.07) is 22.1. The van der Waals surface area contributed by atoms with Gasteiger partial charge in [-0.1, -0.05) is 24.3 Å². The lowest BCUT2D eigenvalue weighted by Crippen LogP contribution is -2.13. The molecule has 0 saturated heterocycles. The van der Waals surface area contributed by atoms with Crippen molar-refractivity contribution >= 4 is 11.6 Å². The van der Waals surface area contributed by atoms with E-state index in [2.05, 4.69) is 10.3 Å². The molecule has 1 amide bonds. The smallest absolute Gasteiger partial charge is 0.274 e. The highest BCUT2D eigenvalue weighted by Gasteiger charge is 2.07. The Balaban J connectivity index is 1.67. The molecular weight excluding hydrogens is 288 g/mol. The molecule has 23 heavy (non-hydrogen) atoms. The summed E-state index contributed by atoms with van der Waals surface area (Å²) in [5.41, 5.74) is 1.90. The molecule has 0 aliphatic heterocycles. The Bertz CT molecular complexity index is 799. The molecule has 4 nitrogen and oxygen atoms in total. The Hall–Kier alpha value is -3.14. The molecule has 3 aromatic rings. The summed E-state index contributed by atoms with van der Waals surface area (Å²) in [6.45, 7) is 1.85. The first-order chi connectivity index (χ1) is 11.2. The molecule has 0 unspecified atom stereocenters. The van der Waals surface area contributed by atoms with E-state index in [9.17, 15) is 4.79 Å². The maximum absolute atomic E-state index is 12.1. The maximum Gasteiger partial charge on any atom is 0.274 e. The predicted octanol–water partition coefficient (Wildman–Crippen LogP) is 4.43. The molecule has 4 heteroatoms. The van der Waals surface area contributed by atoms with Gasteiger partial charge in [0, 0.05) is 11.4 Å². The second-order valence-electron chi connectivity index (χ2n) is 5.06. The number of nitrogens with one attached hydrogen (secondary N) is 1. The van der Waals surface area contributed by atoms with Crippen LogP contribution < -0.4 is 10.1 Å². The molecule has 1 N–H and O–H groups in total. The lowest BCUT2D eigenvalue weighted by molar-refractivity contribution is 0.102. The summed E-state index contributed by atoms with van der Waals surface area (Å²) in [5.74, 6) is 1.25. The molecule has 0 saturated carbocycles. The van der Waals surface area contributed by atoms with Crippen molar-refractivity contribution in [3.05, 3.63) is 84.2 Å². The molecular formula is C19H16N2O2. The highest BCUT2D eigenvalue weighted by atomic mass is 16.5. The Labute approximate surface area is 134 Å². The van der Waals surface area contributed by atoms with Crippen LogP contribution in [0.2, 0.25) is 0 Å². The first kappa shape index (κ1) is 14.8. The molecule has 0 radical (unpaired) electrons. The van der Waals surface area contributed by atoms with Crippen LogP contribution in [0.1, 0.15) is 16.2 Å². The number of hydrogen-bond acceptors (Lipinski definition) is 3. The second-order valence-corrected chi connectivity index (χ2v) is 5.06. The standard InChI is InChI=1S/C19H16N2O2/c1-14-6-5-9-18(20-14)19(22)21-15-10-12-17(13-11-15)23-16-7-3-2-4-8-16/h2-13H,1H3,(H,21,22). The summed E-state index contributed by atoms with van der Waals surface area (Å²) in [6.07, 6.45) is 0. The zero-order chi connectivity index (χ0) is 16.1. The van der Waals surface area contributed by atoms with Crippen molar-refractivity contribution in [1.82, 2.24) is 4.98 Å². The number of pyridine rings is 1. The average Bonchev–Trinajstić information content (AvgIpc) is 2.57. The average molecular weight is 304 g/mol. The van der Waals surface area contributed by atoms with Crippen molar-refractivity contribution in [3.63, 3.8) is 0 Å². The normalized spacial score (nSPS) is 10.1. The summed E-state index contributed by atoms with van der Waals surface area (Å²) in [5, 5.41) is 2.82. The van der Waals surface area contributed by atoms with Gasteiger partial charge in [0.05, 0.1) is 0 Å². The van der Waals surface area contributed by atoms with Gasteiger partial charge in [0.2, 0.25) is 0 Å². The van der Waals surface area contributed by atoms with Crippen LogP contribution in [0, 0.1) is 6.92 Å². The molecule has 0 aliphatic rings. The van der Waals surface area contributed by atoms with Gasteiger partial charge in [0.1, 0.15) is 17.2 Å². The fourth-order valence-corrected chi connectivity index (χ4v) is 2.10. The number of hydrogen-bond donors (Lipinski definition) is 1. The van der Waals surface area contributed by atoms with Crippen molar-refractivity contribution in [2.75, 3.05) is 5.32 Å². The van der Waals surface area contributed by atoms with Crippen LogP contribution in [0.4, 0.5) is 5.69 Å². The second kappa shape index (κ2) is 6.75. The minimum absolute atomic E-state index is 0.231. The molecule has 0 bridgehead atoms. The summed E-state index contributed by atoms with van der Waals surface area (Å²) >= 11 is 0. The number of aryl methyl sites for hydroxylation is 1.